The minimum absolute atomic E-state index is 0.0162. The van der Waals surface area contributed by atoms with Gasteiger partial charge in [-0.15, -0.1) is 0 Å². The van der Waals surface area contributed by atoms with Gasteiger partial charge in [-0.25, -0.2) is 8.78 Å². The second-order valence-electron chi connectivity index (χ2n) is 8.71. The van der Waals surface area contributed by atoms with Crippen molar-refractivity contribution in [2.75, 3.05) is 13.1 Å². The van der Waals surface area contributed by atoms with Crippen molar-refractivity contribution >= 4 is 11.7 Å². The fourth-order valence-electron chi connectivity index (χ4n) is 5.20. The van der Waals surface area contributed by atoms with Crippen molar-refractivity contribution in [2.24, 2.45) is 0 Å². The van der Waals surface area contributed by atoms with Gasteiger partial charge >= 0.3 is 0 Å². The van der Waals surface area contributed by atoms with Crippen LogP contribution in [0.5, 0.6) is 5.75 Å². The first-order valence-electron chi connectivity index (χ1n) is 10.9. The Balaban J connectivity index is 1.43. The quantitative estimate of drug-likeness (QED) is 0.734. The molecular weight excluding hydrogens is 420 g/mol. The van der Waals surface area contributed by atoms with Gasteiger partial charge in [0.2, 0.25) is 5.43 Å². The molecule has 2 atom stereocenters. The van der Waals surface area contributed by atoms with Gasteiger partial charge in [-0.2, -0.15) is 0 Å². The lowest BCUT2D eigenvalue weighted by Crippen LogP contribution is -2.51. The Morgan fingerprint density at radius 1 is 1.16 bits per heavy atom. The van der Waals surface area contributed by atoms with Crippen molar-refractivity contribution in [3.8, 4) is 5.75 Å². The van der Waals surface area contributed by atoms with Gasteiger partial charge in [-0.05, 0) is 30.9 Å². The van der Waals surface area contributed by atoms with E-state index in [-0.39, 0.29) is 41.9 Å². The van der Waals surface area contributed by atoms with Gasteiger partial charge in [0, 0.05) is 37.8 Å². The summed E-state index contributed by atoms with van der Waals surface area (Å²) in [5.41, 5.74) is -1.06. The number of pyridine rings is 1. The van der Waals surface area contributed by atoms with Crippen LogP contribution in [0.4, 0.5) is 8.78 Å². The summed E-state index contributed by atoms with van der Waals surface area (Å²) in [5.74, 6) is -3.17. The fourth-order valence-corrected chi connectivity index (χ4v) is 5.20. The Morgan fingerprint density at radius 2 is 1.97 bits per heavy atom. The molecule has 4 heterocycles. The number of aromatic nitrogens is 1. The molecule has 3 aliphatic rings. The maximum Gasteiger partial charge on any atom is 0.275 e. The highest BCUT2D eigenvalue weighted by molar-refractivity contribution is 6.00. The van der Waals surface area contributed by atoms with Gasteiger partial charge in [0.05, 0.1) is 12.1 Å². The molecule has 9 heteroatoms. The first kappa shape index (κ1) is 20.8. The van der Waals surface area contributed by atoms with E-state index in [0.717, 1.165) is 37.9 Å². The summed E-state index contributed by atoms with van der Waals surface area (Å²) < 4.78 is 28.5. The Labute approximate surface area is 182 Å². The van der Waals surface area contributed by atoms with Crippen LogP contribution >= 0.6 is 0 Å². The number of amides is 1. The molecule has 5 rings (SSSR count). The van der Waals surface area contributed by atoms with Crippen molar-refractivity contribution in [3.05, 3.63) is 63.1 Å². The van der Waals surface area contributed by atoms with E-state index < -0.39 is 34.5 Å². The molecule has 1 amide bonds. The highest BCUT2D eigenvalue weighted by Gasteiger charge is 2.47. The number of hydrogen-bond acceptors (Lipinski definition) is 5. The molecule has 0 bridgehead atoms. The van der Waals surface area contributed by atoms with E-state index in [4.69, 9.17) is 0 Å². The molecule has 7 nitrogen and oxygen atoms in total. The summed E-state index contributed by atoms with van der Waals surface area (Å²) in [4.78, 5) is 42.6. The summed E-state index contributed by atoms with van der Waals surface area (Å²) in [6.07, 6.45) is 4.14. The standard InChI is InChI=1S/C23H23F2N3O4/c24-14-6-4-13(17(25)9-14)5-7-18(29)16-11-26-12-19-27-8-2-1-3-15(27)10-28(19)23(32)20(26)22(31)21(16)30/h4,6,9,11,15,19,31H,1-3,5,7-8,10,12H2/t15-,19-/m1/s1. The van der Waals surface area contributed by atoms with Crippen LogP contribution in [0.3, 0.4) is 0 Å². The number of Topliss-reactive ketones (excluding diaryl/α,β-unsaturated/α-hetero) is 1. The zero-order chi connectivity index (χ0) is 22.6. The predicted octanol–water partition coefficient (Wildman–Crippen LogP) is 2.30. The Morgan fingerprint density at radius 3 is 2.75 bits per heavy atom. The van der Waals surface area contributed by atoms with Crippen molar-refractivity contribution < 1.29 is 23.5 Å². The predicted molar refractivity (Wildman–Crippen MR) is 111 cm³/mol. The first-order valence-corrected chi connectivity index (χ1v) is 10.9. The van der Waals surface area contributed by atoms with Crippen molar-refractivity contribution in [1.29, 1.82) is 0 Å². The third kappa shape index (κ3) is 3.31. The molecular formula is C23H23F2N3O4. The van der Waals surface area contributed by atoms with Crippen LogP contribution in [-0.2, 0) is 13.0 Å². The highest BCUT2D eigenvalue weighted by atomic mass is 19.1. The van der Waals surface area contributed by atoms with Crippen LogP contribution in [0.25, 0.3) is 0 Å². The molecule has 1 N–H and O–H groups in total. The topological polar surface area (TPSA) is 82.8 Å². The number of fused-ring (bicyclic) bond motifs is 4. The number of ketones is 1. The van der Waals surface area contributed by atoms with E-state index in [2.05, 4.69) is 4.90 Å². The SMILES string of the molecule is O=C(CCc1ccc(F)cc1F)c1cn2c(c(O)c1=O)C(=O)N1C[C@H]3CCCCN3[C@H]1C2. The van der Waals surface area contributed by atoms with Gasteiger partial charge in [-0.1, -0.05) is 12.5 Å². The molecule has 0 radical (unpaired) electrons. The molecule has 0 saturated carbocycles. The van der Waals surface area contributed by atoms with Crippen LogP contribution in [0.1, 0.15) is 52.1 Å². The molecule has 3 aliphatic heterocycles. The number of halogens is 2. The van der Waals surface area contributed by atoms with Crippen LogP contribution in [-0.4, -0.2) is 56.5 Å². The monoisotopic (exact) mass is 443 g/mol. The number of hydrogen-bond donors (Lipinski definition) is 1. The average Bonchev–Trinajstić information content (AvgIpc) is 3.14. The summed E-state index contributed by atoms with van der Waals surface area (Å²) in [6, 6.07) is 3.38. The van der Waals surface area contributed by atoms with E-state index in [1.165, 1.54) is 16.8 Å². The lowest BCUT2D eigenvalue weighted by molar-refractivity contribution is 0.0452. The van der Waals surface area contributed by atoms with E-state index in [1.807, 2.05) is 0 Å². The number of aromatic hydroxyl groups is 1. The Hall–Kier alpha value is -3.07. The molecule has 1 aromatic carbocycles. The third-order valence-electron chi connectivity index (χ3n) is 6.84. The second kappa shape index (κ2) is 7.81. The highest BCUT2D eigenvalue weighted by Crippen LogP contribution is 2.34. The largest absolute Gasteiger partial charge is 0.503 e. The van der Waals surface area contributed by atoms with Crippen LogP contribution in [0.15, 0.2) is 29.2 Å². The minimum Gasteiger partial charge on any atom is -0.503 e. The maximum absolute atomic E-state index is 13.9. The number of carbonyl (C=O) groups is 2. The maximum atomic E-state index is 13.9. The van der Waals surface area contributed by atoms with E-state index >= 15 is 0 Å². The van der Waals surface area contributed by atoms with Crippen LogP contribution < -0.4 is 5.43 Å². The molecule has 168 valence electrons. The Bertz CT molecular complexity index is 1180. The van der Waals surface area contributed by atoms with Crippen molar-refractivity contribution in [3.63, 3.8) is 0 Å². The molecule has 2 aromatic rings. The molecule has 0 aliphatic carbocycles. The van der Waals surface area contributed by atoms with Gasteiger partial charge in [0.25, 0.3) is 5.91 Å². The molecule has 0 unspecified atom stereocenters. The number of nitrogens with zero attached hydrogens (tertiary/aromatic N) is 3. The van der Waals surface area contributed by atoms with Gasteiger partial charge in [0.1, 0.15) is 17.8 Å². The van der Waals surface area contributed by atoms with E-state index in [9.17, 15) is 28.3 Å². The normalized spacial score (nSPS) is 22.4. The lowest BCUT2D eigenvalue weighted by atomic mass is 10.0. The number of rotatable bonds is 4. The Kier molecular flexibility index (Phi) is 5.08. The molecule has 32 heavy (non-hydrogen) atoms. The summed E-state index contributed by atoms with van der Waals surface area (Å²) in [6.45, 7) is 1.81. The number of piperidine rings is 1. The zero-order valence-electron chi connectivity index (χ0n) is 17.4. The smallest absolute Gasteiger partial charge is 0.275 e. The minimum atomic E-state index is -0.899. The molecule has 2 fully saturated rings. The zero-order valence-corrected chi connectivity index (χ0v) is 17.4. The average molecular weight is 443 g/mol. The second-order valence-corrected chi connectivity index (χ2v) is 8.71. The summed E-state index contributed by atoms with van der Waals surface area (Å²) in [7, 11) is 0. The van der Waals surface area contributed by atoms with Crippen LogP contribution in [0, 0.1) is 11.6 Å². The van der Waals surface area contributed by atoms with Gasteiger partial charge in [0.15, 0.2) is 17.2 Å². The number of carbonyl (C=O) groups excluding carboxylic acids is 2. The first-order chi connectivity index (χ1) is 15.3. The van der Waals surface area contributed by atoms with E-state index in [0.29, 0.717) is 13.1 Å². The van der Waals surface area contributed by atoms with Crippen LogP contribution in [0.2, 0.25) is 0 Å². The number of aryl methyl sites for hydroxylation is 1. The van der Waals surface area contributed by atoms with Gasteiger partial charge in [-0.3, -0.25) is 19.3 Å². The fraction of sp³-hybridized carbons (Fsp3) is 0.435. The summed E-state index contributed by atoms with van der Waals surface area (Å²) in [5, 5.41) is 10.5. The van der Waals surface area contributed by atoms with E-state index in [1.54, 1.807) is 4.90 Å². The molecule has 1 aromatic heterocycles. The van der Waals surface area contributed by atoms with Crippen molar-refractivity contribution in [2.45, 2.75) is 50.9 Å². The lowest BCUT2D eigenvalue weighted by Gasteiger charge is -2.38. The molecule has 2 saturated heterocycles. The summed E-state index contributed by atoms with van der Waals surface area (Å²) >= 11 is 0. The molecule has 0 spiro atoms. The number of benzene rings is 1. The van der Waals surface area contributed by atoms with Gasteiger partial charge < -0.3 is 14.6 Å². The van der Waals surface area contributed by atoms with Crippen molar-refractivity contribution in [1.82, 2.24) is 14.4 Å². The third-order valence-corrected chi connectivity index (χ3v) is 6.84.